The van der Waals surface area contributed by atoms with E-state index < -0.39 is 17.6 Å². The third-order valence-electron chi connectivity index (χ3n) is 2.82. The molecule has 110 valence electrons. The number of nitrogen functional groups attached to an aromatic ring is 1. The van der Waals surface area contributed by atoms with Gasteiger partial charge in [-0.3, -0.25) is 4.79 Å². The number of carbonyl (C=O) groups is 1. The minimum absolute atomic E-state index is 0.104. The van der Waals surface area contributed by atoms with Crippen LogP contribution in [0.1, 0.15) is 15.9 Å². The first-order valence-corrected chi connectivity index (χ1v) is 5.91. The molecule has 0 bridgehead atoms. The van der Waals surface area contributed by atoms with Gasteiger partial charge in [0.25, 0.3) is 5.91 Å². The second kappa shape index (κ2) is 5.35. The predicted molar refractivity (Wildman–Crippen MR) is 74.1 cm³/mol. The molecule has 0 radical (unpaired) electrons. The zero-order valence-electron chi connectivity index (χ0n) is 10.7. The number of carbonyl (C=O) groups excluding carboxylic acids is 1. The smallest absolute Gasteiger partial charge is 0.397 e. The van der Waals surface area contributed by atoms with Crippen molar-refractivity contribution in [2.24, 2.45) is 5.73 Å². The molecule has 21 heavy (non-hydrogen) atoms. The Labute approximate surface area is 118 Å². The van der Waals surface area contributed by atoms with Crippen LogP contribution in [0.4, 0.5) is 30.2 Å². The van der Waals surface area contributed by atoms with Crippen LogP contribution in [0.2, 0.25) is 0 Å². The number of amides is 1. The van der Waals surface area contributed by atoms with E-state index in [0.29, 0.717) is 0 Å². The molecule has 0 saturated carbocycles. The maximum atomic E-state index is 12.7. The van der Waals surface area contributed by atoms with Crippen molar-refractivity contribution >= 4 is 23.0 Å². The first-order valence-electron chi connectivity index (χ1n) is 5.91. The zero-order valence-corrected chi connectivity index (χ0v) is 10.7. The Bertz CT molecular complexity index is 683. The maximum Gasteiger partial charge on any atom is 0.416 e. The summed E-state index contributed by atoms with van der Waals surface area (Å²) in [7, 11) is 0. The van der Waals surface area contributed by atoms with Crippen LogP contribution in [-0.2, 0) is 6.18 Å². The molecular weight excluding hydrogens is 283 g/mol. The first-order chi connectivity index (χ1) is 9.79. The summed E-state index contributed by atoms with van der Waals surface area (Å²) < 4.78 is 38.0. The number of nitrogens with two attached hydrogens (primary N) is 2. The molecule has 0 aliphatic rings. The van der Waals surface area contributed by atoms with Crippen LogP contribution in [0.3, 0.4) is 0 Å². The molecule has 0 fully saturated rings. The Morgan fingerprint density at radius 1 is 1.10 bits per heavy atom. The highest BCUT2D eigenvalue weighted by atomic mass is 19.4. The van der Waals surface area contributed by atoms with E-state index in [1.165, 1.54) is 30.3 Å². The standard InChI is InChI=1S/C14H12F3N3O/c15-14(16,17)8-3-1-4-9(7-8)20-12-10(13(19)21)5-2-6-11(12)18/h1-7,20H,18H2,(H2,19,21). The topological polar surface area (TPSA) is 81.1 Å². The minimum Gasteiger partial charge on any atom is -0.397 e. The number of hydrogen-bond donors (Lipinski definition) is 3. The Balaban J connectivity index is 2.42. The molecule has 2 rings (SSSR count). The number of hydrogen-bond acceptors (Lipinski definition) is 3. The lowest BCUT2D eigenvalue weighted by molar-refractivity contribution is -0.137. The van der Waals surface area contributed by atoms with Crippen LogP contribution in [-0.4, -0.2) is 5.91 Å². The Kier molecular flexibility index (Phi) is 3.75. The Morgan fingerprint density at radius 3 is 2.38 bits per heavy atom. The van der Waals surface area contributed by atoms with Crippen molar-refractivity contribution in [1.82, 2.24) is 0 Å². The summed E-state index contributed by atoms with van der Waals surface area (Å²) in [5.41, 5.74) is 10.8. The van der Waals surface area contributed by atoms with Crippen LogP contribution < -0.4 is 16.8 Å². The molecule has 0 unspecified atom stereocenters. The highest BCUT2D eigenvalue weighted by Crippen LogP contribution is 2.33. The highest BCUT2D eigenvalue weighted by molar-refractivity contribution is 6.02. The van der Waals surface area contributed by atoms with Gasteiger partial charge in [-0.05, 0) is 30.3 Å². The van der Waals surface area contributed by atoms with Crippen molar-refractivity contribution in [3.8, 4) is 0 Å². The Morgan fingerprint density at radius 2 is 1.76 bits per heavy atom. The van der Waals surface area contributed by atoms with Gasteiger partial charge < -0.3 is 16.8 Å². The number of benzene rings is 2. The van der Waals surface area contributed by atoms with Gasteiger partial charge in [-0.15, -0.1) is 0 Å². The summed E-state index contributed by atoms with van der Waals surface area (Å²) in [6.45, 7) is 0. The fourth-order valence-electron chi connectivity index (χ4n) is 1.83. The number of para-hydroxylation sites is 1. The van der Waals surface area contributed by atoms with Gasteiger partial charge in [0.1, 0.15) is 0 Å². The van der Waals surface area contributed by atoms with Crippen LogP contribution in [0.15, 0.2) is 42.5 Å². The van der Waals surface area contributed by atoms with Gasteiger partial charge >= 0.3 is 6.18 Å². The van der Waals surface area contributed by atoms with E-state index in [1.807, 2.05) is 0 Å². The Hall–Kier alpha value is -2.70. The van der Waals surface area contributed by atoms with Crippen molar-refractivity contribution in [2.45, 2.75) is 6.18 Å². The van der Waals surface area contributed by atoms with Gasteiger partial charge in [-0.25, -0.2) is 0 Å². The SMILES string of the molecule is NC(=O)c1cccc(N)c1Nc1cccc(C(F)(F)F)c1. The van der Waals surface area contributed by atoms with Gasteiger partial charge in [0.05, 0.1) is 22.5 Å². The monoisotopic (exact) mass is 295 g/mol. The number of nitrogens with one attached hydrogen (secondary N) is 1. The molecule has 0 saturated heterocycles. The van der Waals surface area contributed by atoms with Gasteiger partial charge in [0.15, 0.2) is 0 Å². The average molecular weight is 295 g/mol. The van der Waals surface area contributed by atoms with E-state index >= 15 is 0 Å². The fourth-order valence-corrected chi connectivity index (χ4v) is 1.83. The predicted octanol–water partition coefficient (Wildman–Crippen LogP) is 3.13. The normalized spacial score (nSPS) is 11.2. The first kappa shape index (κ1) is 14.7. The number of primary amides is 1. The van der Waals surface area contributed by atoms with Crippen molar-refractivity contribution in [1.29, 1.82) is 0 Å². The summed E-state index contributed by atoms with van der Waals surface area (Å²) in [6, 6.07) is 9.07. The highest BCUT2D eigenvalue weighted by Gasteiger charge is 2.30. The summed E-state index contributed by atoms with van der Waals surface area (Å²) >= 11 is 0. The van der Waals surface area contributed by atoms with E-state index in [2.05, 4.69) is 5.32 Å². The largest absolute Gasteiger partial charge is 0.416 e. The van der Waals surface area contributed by atoms with E-state index in [0.717, 1.165) is 12.1 Å². The second-order valence-electron chi connectivity index (χ2n) is 4.34. The van der Waals surface area contributed by atoms with Crippen LogP contribution in [0.5, 0.6) is 0 Å². The molecule has 5 N–H and O–H groups in total. The average Bonchev–Trinajstić information content (AvgIpc) is 2.40. The molecule has 7 heteroatoms. The van der Waals surface area contributed by atoms with Crippen LogP contribution >= 0.6 is 0 Å². The van der Waals surface area contributed by atoms with Crippen molar-refractivity contribution < 1.29 is 18.0 Å². The molecule has 4 nitrogen and oxygen atoms in total. The summed E-state index contributed by atoms with van der Waals surface area (Å²) in [5.74, 6) is -0.725. The van der Waals surface area contributed by atoms with E-state index in [-0.39, 0.29) is 22.6 Å². The number of halogens is 3. The van der Waals surface area contributed by atoms with Gasteiger partial charge in [0.2, 0.25) is 0 Å². The van der Waals surface area contributed by atoms with Crippen molar-refractivity contribution in [2.75, 3.05) is 11.1 Å². The van der Waals surface area contributed by atoms with E-state index in [9.17, 15) is 18.0 Å². The molecule has 2 aromatic rings. The third-order valence-corrected chi connectivity index (χ3v) is 2.82. The molecule has 1 amide bonds. The quantitative estimate of drug-likeness (QED) is 0.761. The van der Waals surface area contributed by atoms with E-state index in [1.54, 1.807) is 0 Å². The van der Waals surface area contributed by atoms with Gasteiger partial charge in [0, 0.05) is 5.69 Å². The van der Waals surface area contributed by atoms with Crippen molar-refractivity contribution in [3.63, 3.8) is 0 Å². The summed E-state index contributed by atoms with van der Waals surface area (Å²) in [5, 5.41) is 2.71. The zero-order chi connectivity index (χ0) is 15.6. The lowest BCUT2D eigenvalue weighted by Gasteiger charge is -2.14. The van der Waals surface area contributed by atoms with Gasteiger partial charge in [-0.2, -0.15) is 13.2 Å². The maximum absolute atomic E-state index is 12.7. The molecule has 0 aliphatic carbocycles. The number of rotatable bonds is 3. The molecule has 0 aromatic heterocycles. The molecule has 0 spiro atoms. The lowest BCUT2D eigenvalue weighted by Crippen LogP contribution is -2.14. The number of anilines is 3. The molecule has 0 heterocycles. The van der Waals surface area contributed by atoms with E-state index in [4.69, 9.17) is 11.5 Å². The molecule has 0 aliphatic heterocycles. The number of alkyl halides is 3. The van der Waals surface area contributed by atoms with Crippen LogP contribution in [0, 0.1) is 0 Å². The summed E-state index contributed by atoms with van der Waals surface area (Å²) in [6.07, 6.45) is -4.45. The van der Waals surface area contributed by atoms with Crippen LogP contribution in [0.25, 0.3) is 0 Å². The molecular formula is C14H12F3N3O. The second-order valence-corrected chi connectivity index (χ2v) is 4.34. The molecule has 0 atom stereocenters. The third kappa shape index (κ3) is 3.25. The van der Waals surface area contributed by atoms with Crippen molar-refractivity contribution in [3.05, 3.63) is 53.6 Å². The lowest BCUT2D eigenvalue weighted by atomic mass is 10.1. The fraction of sp³-hybridized carbons (Fsp3) is 0.0714. The van der Waals surface area contributed by atoms with Gasteiger partial charge in [-0.1, -0.05) is 12.1 Å². The minimum atomic E-state index is -4.45. The molecule has 2 aromatic carbocycles. The summed E-state index contributed by atoms with van der Waals surface area (Å²) in [4.78, 5) is 11.3.